The smallest absolute Gasteiger partial charge is 0.491 e. The first-order chi connectivity index (χ1) is 17.1. The monoisotopic (exact) mass is 528 g/mol. The van der Waals surface area contributed by atoms with Gasteiger partial charge >= 0.3 is 15.5 Å². The van der Waals surface area contributed by atoms with Crippen LogP contribution in [0.25, 0.3) is 0 Å². The molecule has 2 N–H and O–H groups in total. The summed E-state index contributed by atoms with van der Waals surface area (Å²) in [5, 5.41) is 0. The summed E-state index contributed by atoms with van der Waals surface area (Å²) in [6, 6.07) is 8.10. The van der Waals surface area contributed by atoms with E-state index in [4.69, 9.17) is 15.2 Å². The SMILES string of the molecule is COCCOc1cccc2c1CN(S(=O)(=O)C(F)(F)F)CC(C1CCCC1)N2Cc1cc(N)ccn1. The minimum atomic E-state index is -5.58. The second-order valence-corrected chi connectivity index (χ2v) is 11.1. The summed E-state index contributed by atoms with van der Waals surface area (Å²) >= 11 is 0. The Bertz CT molecular complexity index is 1160. The molecule has 1 aromatic carbocycles. The second-order valence-electron chi connectivity index (χ2n) is 9.16. The fraction of sp³-hybridized carbons (Fsp3) is 0.542. The van der Waals surface area contributed by atoms with Gasteiger partial charge in [0.25, 0.3) is 0 Å². The molecule has 0 spiro atoms. The van der Waals surface area contributed by atoms with Crippen LogP contribution >= 0.6 is 0 Å². The molecule has 8 nitrogen and oxygen atoms in total. The average Bonchev–Trinajstić information content (AvgIpc) is 3.29. The highest BCUT2D eigenvalue weighted by atomic mass is 32.2. The maximum atomic E-state index is 13.8. The molecular formula is C24H31F3N4O4S. The van der Waals surface area contributed by atoms with E-state index in [0.717, 1.165) is 25.7 Å². The molecule has 2 aromatic rings. The van der Waals surface area contributed by atoms with E-state index in [9.17, 15) is 21.6 Å². The lowest BCUT2D eigenvalue weighted by Gasteiger charge is -2.37. The van der Waals surface area contributed by atoms with Gasteiger partial charge in [-0.25, -0.2) is 8.42 Å². The van der Waals surface area contributed by atoms with Crippen molar-refractivity contribution in [3.05, 3.63) is 47.8 Å². The Morgan fingerprint density at radius 3 is 2.58 bits per heavy atom. The number of fused-ring (bicyclic) bond motifs is 1. The van der Waals surface area contributed by atoms with Gasteiger partial charge in [-0.1, -0.05) is 18.9 Å². The van der Waals surface area contributed by atoms with Crippen LogP contribution in [0.4, 0.5) is 24.5 Å². The molecule has 1 atom stereocenters. The van der Waals surface area contributed by atoms with Crippen molar-refractivity contribution in [1.29, 1.82) is 0 Å². The largest absolute Gasteiger partial charge is 0.511 e. The maximum absolute atomic E-state index is 13.8. The lowest BCUT2D eigenvalue weighted by Crippen LogP contribution is -2.49. The first-order valence-electron chi connectivity index (χ1n) is 11.9. The highest BCUT2D eigenvalue weighted by molar-refractivity contribution is 7.89. The van der Waals surface area contributed by atoms with Crippen molar-refractivity contribution in [1.82, 2.24) is 9.29 Å². The fourth-order valence-electron chi connectivity index (χ4n) is 5.11. The van der Waals surface area contributed by atoms with Gasteiger partial charge in [0.1, 0.15) is 12.4 Å². The van der Waals surface area contributed by atoms with Gasteiger partial charge in [-0.3, -0.25) is 4.98 Å². The van der Waals surface area contributed by atoms with Gasteiger partial charge in [0, 0.05) is 49.4 Å². The van der Waals surface area contributed by atoms with Gasteiger partial charge in [0.2, 0.25) is 0 Å². The van der Waals surface area contributed by atoms with Crippen molar-refractivity contribution in [3.63, 3.8) is 0 Å². The third-order valence-electron chi connectivity index (χ3n) is 6.84. The zero-order valence-electron chi connectivity index (χ0n) is 20.1. The molecule has 1 aromatic heterocycles. The Hall–Kier alpha value is -2.57. The van der Waals surface area contributed by atoms with Gasteiger partial charge < -0.3 is 20.1 Å². The van der Waals surface area contributed by atoms with E-state index >= 15 is 0 Å². The summed E-state index contributed by atoms with van der Waals surface area (Å²) in [6.45, 7) is -0.0380. The molecule has 1 aliphatic heterocycles. The molecule has 36 heavy (non-hydrogen) atoms. The van der Waals surface area contributed by atoms with Gasteiger partial charge in [-0.15, -0.1) is 0 Å². The molecule has 0 bridgehead atoms. The Morgan fingerprint density at radius 2 is 1.92 bits per heavy atom. The molecule has 0 radical (unpaired) electrons. The normalized spacial score (nSPS) is 19.8. The Kier molecular flexibility index (Phi) is 7.96. The quantitative estimate of drug-likeness (QED) is 0.519. The Balaban J connectivity index is 1.85. The first kappa shape index (κ1) is 26.5. The molecule has 1 unspecified atom stereocenters. The Labute approximate surface area is 209 Å². The van der Waals surface area contributed by atoms with Crippen LogP contribution < -0.4 is 15.4 Å². The first-order valence-corrected chi connectivity index (χ1v) is 13.3. The summed E-state index contributed by atoms with van der Waals surface area (Å²) < 4.78 is 78.1. The number of anilines is 2. The number of rotatable bonds is 8. The van der Waals surface area contributed by atoms with E-state index in [-0.39, 0.29) is 32.2 Å². The van der Waals surface area contributed by atoms with Crippen molar-refractivity contribution in [3.8, 4) is 5.75 Å². The molecule has 2 aliphatic rings. The molecule has 198 valence electrons. The summed E-state index contributed by atoms with van der Waals surface area (Å²) in [6.07, 6.45) is 5.10. The van der Waals surface area contributed by atoms with E-state index in [2.05, 4.69) is 4.98 Å². The number of pyridine rings is 1. The van der Waals surface area contributed by atoms with Gasteiger partial charge in [-0.2, -0.15) is 17.5 Å². The molecule has 12 heteroatoms. The van der Waals surface area contributed by atoms with Crippen LogP contribution in [0.1, 0.15) is 36.9 Å². The molecule has 1 saturated carbocycles. The molecule has 1 fully saturated rings. The number of nitrogens with zero attached hydrogens (tertiary/aromatic N) is 3. The van der Waals surface area contributed by atoms with Crippen molar-refractivity contribution in [2.24, 2.45) is 5.92 Å². The number of ether oxygens (including phenoxy) is 2. The molecular weight excluding hydrogens is 497 g/mol. The second kappa shape index (κ2) is 10.8. The number of benzene rings is 1. The molecule has 4 rings (SSSR count). The minimum absolute atomic E-state index is 0.0287. The van der Waals surface area contributed by atoms with Gasteiger partial charge in [-0.05, 0) is 43.0 Å². The van der Waals surface area contributed by atoms with Gasteiger partial charge in [0.05, 0.1) is 18.8 Å². The highest BCUT2D eigenvalue weighted by Crippen LogP contribution is 2.42. The van der Waals surface area contributed by atoms with E-state index in [1.807, 2.05) is 4.90 Å². The van der Waals surface area contributed by atoms with Crippen molar-refractivity contribution < 1.29 is 31.1 Å². The molecule has 2 heterocycles. The fourth-order valence-corrected chi connectivity index (χ4v) is 6.06. The third kappa shape index (κ3) is 5.55. The number of nitrogen functional groups attached to an aromatic ring is 1. The van der Waals surface area contributed by atoms with Crippen LogP contribution in [0, 0.1) is 5.92 Å². The topological polar surface area (TPSA) is 98.0 Å². The molecule has 0 amide bonds. The average molecular weight is 529 g/mol. The van der Waals surface area contributed by atoms with E-state index in [1.165, 1.54) is 7.11 Å². The predicted molar refractivity (Wildman–Crippen MR) is 130 cm³/mol. The van der Waals surface area contributed by atoms with E-state index in [1.54, 1.807) is 36.5 Å². The van der Waals surface area contributed by atoms with E-state index in [0.29, 0.717) is 32.7 Å². The zero-order chi connectivity index (χ0) is 25.9. The summed E-state index contributed by atoms with van der Waals surface area (Å²) in [5.74, 6) is 0.352. The lowest BCUT2D eigenvalue weighted by atomic mass is 9.95. The number of sulfonamides is 1. The highest BCUT2D eigenvalue weighted by Gasteiger charge is 2.52. The van der Waals surface area contributed by atoms with Crippen LogP contribution in [0.3, 0.4) is 0 Å². The number of aromatic nitrogens is 1. The van der Waals surface area contributed by atoms with E-state index < -0.39 is 28.1 Å². The van der Waals surface area contributed by atoms with Crippen molar-refractivity contribution >= 4 is 21.4 Å². The summed E-state index contributed by atoms with van der Waals surface area (Å²) in [7, 11) is -4.07. The number of halogens is 3. The van der Waals surface area contributed by atoms with Crippen LogP contribution in [0.2, 0.25) is 0 Å². The summed E-state index contributed by atoms with van der Waals surface area (Å²) in [5.41, 5.74) is 2.72. The minimum Gasteiger partial charge on any atom is -0.491 e. The van der Waals surface area contributed by atoms with Crippen LogP contribution in [0.15, 0.2) is 36.5 Å². The van der Waals surface area contributed by atoms with Crippen LogP contribution in [-0.4, -0.2) is 56.1 Å². The summed E-state index contributed by atoms with van der Waals surface area (Å²) in [4.78, 5) is 6.40. The number of nitrogens with two attached hydrogens (primary N) is 1. The standard InChI is InChI=1S/C24H31F3N4O4S/c1-34-11-12-35-23-8-4-7-21-20(23)15-30(36(32,33)24(25,26)27)16-22(17-5-2-3-6-17)31(21)14-19-13-18(28)9-10-29-19/h4,7-10,13,17,22H,2-3,5-6,11-12,14-16H2,1H3,(H2,28,29). The van der Waals surface area contributed by atoms with Gasteiger partial charge in [0.15, 0.2) is 0 Å². The van der Waals surface area contributed by atoms with Crippen LogP contribution in [-0.2, 0) is 27.8 Å². The number of alkyl halides is 3. The van der Waals surface area contributed by atoms with Crippen LogP contribution in [0.5, 0.6) is 5.75 Å². The zero-order valence-corrected chi connectivity index (χ0v) is 20.9. The number of hydrogen-bond acceptors (Lipinski definition) is 7. The molecule has 1 aliphatic carbocycles. The molecule has 0 saturated heterocycles. The van der Waals surface area contributed by atoms with Crippen molar-refractivity contribution in [2.45, 2.75) is 50.3 Å². The number of hydrogen-bond donors (Lipinski definition) is 1. The third-order valence-corrected chi connectivity index (χ3v) is 8.38. The number of methoxy groups -OCH3 is 1. The van der Waals surface area contributed by atoms with Crippen molar-refractivity contribution in [2.75, 3.05) is 37.5 Å². The maximum Gasteiger partial charge on any atom is 0.511 e. The predicted octanol–water partition coefficient (Wildman–Crippen LogP) is 3.92. The lowest BCUT2D eigenvalue weighted by molar-refractivity contribution is -0.0493. The Morgan fingerprint density at radius 1 is 1.17 bits per heavy atom.